The predicted molar refractivity (Wildman–Crippen MR) is 79.8 cm³/mol. The summed E-state index contributed by atoms with van der Waals surface area (Å²) >= 11 is 0. The van der Waals surface area contributed by atoms with Gasteiger partial charge in [-0.25, -0.2) is 0 Å². The molecule has 0 amide bonds. The van der Waals surface area contributed by atoms with Gasteiger partial charge in [-0.15, -0.1) is 0 Å². The molecule has 1 aliphatic rings. The average Bonchev–Trinajstić information content (AvgIpc) is 2.52. The lowest BCUT2D eigenvalue weighted by Crippen LogP contribution is -2.13. The molecule has 2 heteroatoms. The van der Waals surface area contributed by atoms with Crippen molar-refractivity contribution in [3.05, 3.63) is 47.5 Å². The highest BCUT2D eigenvalue weighted by molar-refractivity contribution is 5.33. The lowest BCUT2D eigenvalue weighted by molar-refractivity contribution is 0.312. The Bertz CT molecular complexity index is 520. The van der Waals surface area contributed by atoms with Crippen LogP contribution in [0.5, 0.6) is 0 Å². The fourth-order valence-electron chi connectivity index (χ4n) is 3.08. The molecule has 2 nitrogen and oxygen atoms in total. The maximum atomic E-state index is 8.82. The van der Waals surface area contributed by atoms with Gasteiger partial charge in [0.05, 0.1) is 17.7 Å². The summed E-state index contributed by atoms with van der Waals surface area (Å²) in [7, 11) is 0. The predicted octanol–water partition coefficient (Wildman–Crippen LogP) is 4.69. The molecule has 0 N–H and O–H groups in total. The Morgan fingerprint density at radius 3 is 2.35 bits per heavy atom. The lowest BCUT2D eigenvalue weighted by Gasteiger charge is -2.28. The highest BCUT2D eigenvalue weighted by Gasteiger charge is 2.21. The molecular weight excluding hydrogens is 244 g/mol. The van der Waals surface area contributed by atoms with E-state index in [2.05, 4.69) is 18.2 Å². The van der Waals surface area contributed by atoms with E-state index < -0.39 is 0 Å². The minimum atomic E-state index is 0.661. The molecule has 0 bridgehead atoms. The Labute approximate surface area is 121 Å². The molecule has 0 heterocycles. The molecule has 0 aliphatic heterocycles. The van der Waals surface area contributed by atoms with Crippen LogP contribution < -0.4 is 0 Å². The van der Waals surface area contributed by atoms with Gasteiger partial charge >= 0.3 is 0 Å². The number of nitrogens with zero attached hydrogens (tertiary/aromatic N) is 2. The van der Waals surface area contributed by atoms with Crippen molar-refractivity contribution in [2.24, 2.45) is 5.92 Å². The van der Waals surface area contributed by atoms with E-state index in [-0.39, 0.29) is 0 Å². The summed E-state index contributed by atoms with van der Waals surface area (Å²) in [5, 5.41) is 17.3. The standard InChI is InChI=1S/C18H20N2/c19-13-3-1-2-4-15-5-9-17(10-6-15)18-11-7-16(14-20)8-12-18/h1,3,7-8,11-12,15,17H,2,4-6,9-10H2/t15-,17-. The molecule has 0 saturated heterocycles. The zero-order valence-corrected chi connectivity index (χ0v) is 11.8. The van der Waals surface area contributed by atoms with E-state index in [1.165, 1.54) is 37.7 Å². The van der Waals surface area contributed by atoms with Crippen molar-refractivity contribution in [2.45, 2.75) is 44.4 Å². The quantitative estimate of drug-likeness (QED) is 0.740. The molecule has 20 heavy (non-hydrogen) atoms. The van der Waals surface area contributed by atoms with Crippen molar-refractivity contribution in [3.63, 3.8) is 0 Å². The molecule has 1 aromatic carbocycles. The number of benzene rings is 1. The molecule has 0 atom stereocenters. The first-order valence-electron chi connectivity index (χ1n) is 7.38. The van der Waals surface area contributed by atoms with Gasteiger partial charge in [0.1, 0.15) is 0 Å². The molecule has 1 saturated carbocycles. The van der Waals surface area contributed by atoms with E-state index in [0.717, 1.165) is 17.9 Å². The van der Waals surface area contributed by atoms with E-state index in [1.54, 1.807) is 6.08 Å². The second kappa shape index (κ2) is 7.51. The van der Waals surface area contributed by atoms with Crippen LogP contribution in [0.1, 0.15) is 55.6 Å². The third kappa shape index (κ3) is 3.97. The molecule has 102 valence electrons. The Morgan fingerprint density at radius 2 is 1.75 bits per heavy atom. The van der Waals surface area contributed by atoms with Gasteiger partial charge in [0.25, 0.3) is 0 Å². The molecular formula is C18H20N2. The zero-order valence-electron chi connectivity index (χ0n) is 11.8. The fourth-order valence-corrected chi connectivity index (χ4v) is 3.08. The Kier molecular flexibility index (Phi) is 5.39. The molecule has 0 spiro atoms. The number of rotatable bonds is 4. The summed E-state index contributed by atoms with van der Waals surface area (Å²) in [6.45, 7) is 0. The maximum Gasteiger partial charge on any atom is 0.0991 e. The minimum Gasteiger partial charge on any atom is -0.193 e. The van der Waals surface area contributed by atoms with Crippen molar-refractivity contribution in [1.29, 1.82) is 10.5 Å². The van der Waals surface area contributed by atoms with Crippen molar-refractivity contribution in [3.8, 4) is 12.1 Å². The topological polar surface area (TPSA) is 47.6 Å². The first kappa shape index (κ1) is 14.4. The van der Waals surface area contributed by atoms with Crippen LogP contribution in [0.3, 0.4) is 0 Å². The average molecular weight is 264 g/mol. The summed E-state index contributed by atoms with van der Waals surface area (Å²) in [5.74, 6) is 1.47. The van der Waals surface area contributed by atoms with E-state index in [1.807, 2.05) is 24.3 Å². The first-order valence-corrected chi connectivity index (χ1v) is 7.38. The van der Waals surface area contributed by atoms with Crippen LogP contribution in [0.2, 0.25) is 0 Å². The molecule has 0 radical (unpaired) electrons. The normalized spacial score (nSPS) is 22.3. The lowest BCUT2D eigenvalue weighted by atomic mass is 9.77. The first-order chi connectivity index (χ1) is 9.83. The van der Waals surface area contributed by atoms with Gasteiger partial charge in [0.2, 0.25) is 0 Å². The van der Waals surface area contributed by atoms with Gasteiger partial charge in [-0.2, -0.15) is 10.5 Å². The summed E-state index contributed by atoms with van der Waals surface area (Å²) in [6.07, 6.45) is 10.9. The minimum absolute atomic E-state index is 0.661. The van der Waals surface area contributed by atoms with E-state index in [9.17, 15) is 0 Å². The Balaban J connectivity index is 1.80. The molecule has 1 aromatic rings. The second-order valence-electron chi connectivity index (χ2n) is 5.56. The number of allylic oxidation sites excluding steroid dienone is 2. The largest absolute Gasteiger partial charge is 0.193 e. The van der Waals surface area contributed by atoms with Gasteiger partial charge in [0.15, 0.2) is 0 Å². The van der Waals surface area contributed by atoms with Gasteiger partial charge in [-0.3, -0.25) is 0 Å². The van der Waals surface area contributed by atoms with Gasteiger partial charge in [-0.1, -0.05) is 18.2 Å². The summed E-state index contributed by atoms with van der Waals surface area (Å²) in [6, 6.07) is 12.3. The van der Waals surface area contributed by atoms with Crippen LogP contribution in [-0.4, -0.2) is 0 Å². The maximum absolute atomic E-state index is 8.82. The highest BCUT2D eigenvalue weighted by atomic mass is 14.3. The van der Waals surface area contributed by atoms with Crippen LogP contribution in [0.15, 0.2) is 36.4 Å². The number of hydrogen-bond acceptors (Lipinski definition) is 2. The van der Waals surface area contributed by atoms with Crippen molar-refractivity contribution in [2.75, 3.05) is 0 Å². The van der Waals surface area contributed by atoms with Crippen molar-refractivity contribution < 1.29 is 0 Å². The van der Waals surface area contributed by atoms with E-state index in [0.29, 0.717) is 5.92 Å². The van der Waals surface area contributed by atoms with Crippen LogP contribution in [0.4, 0.5) is 0 Å². The molecule has 0 aromatic heterocycles. The molecule has 0 unspecified atom stereocenters. The summed E-state index contributed by atoms with van der Waals surface area (Å²) < 4.78 is 0. The van der Waals surface area contributed by atoms with Crippen LogP contribution in [0, 0.1) is 28.6 Å². The van der Waals surface area contributed by atoms with Gasteiger partial charge in [0, 0.05) is 6.08 Å². The summed E-state index contributed by atoms with van der Waals surface area (Å²) in [5.41, 5.74) is 2.12. The Hall–Kier alpha value is -2.06. The number of hydrogen-bond donors (Lipinski definition) is 0. The number of nitriles is 2. The van der Waals surface area contributed by atoms with Gasteiger partial charge < -0.3 is 0 Å². The third-order valence-electron chi connectivity index (χ3n) is 4.29. The second-order valence-corrected chi connectivity index (χ2v) is 5.56. The zero-order chi connectivity index (χ0) is 14.2. The van der Waals surface area contributed by atoms with Crippen LogP contribution in [0.25, 0.3) is 0 Å². The van der Waals surface area contributed by atoms with Crippen molar-refractivity contribution in [1.82, 2.24) is 0 Å². The Morgan fingerprint density at radius 1 is 1.05 bits per heavy atom. The fraction of sp³-hybridized carbons (Fsp3) is 0.444. The third-order valence-corrected chi connectivity index (χ3v) is 4.29. The van der Waals surface area contributed by atoms with Gasteiger partial charge in [-0.05, 0) is 68.1 Å². The van der Waals surface area contributed by atoms with Crippen LogP contribution in [-0.2, 0) is 0 Å². The molecule has 2 rings (SSSR count). The van der Waals surface area contributed by atoms with E-state index >= 15 is 0 Å². The van der Waals surface area contributed by atoms with Crippen LogP contribution >= 0.6 is 0 Å². The summed E-state index contributed by atoms with van der Waals surface area (Å²) in [4.78, 5) is 0. The monoisotopic (exact) mass is 264 g/mol. The highest BCUT2D eigenvalue weighted by Crippen LogP contribution is 2.37. The van der Waals surface area contributed by atoms with Crippen molar-refractivity contribution >= 4 is 0 Å². The molecule has 1 aliphatic carbocycles. The molecule has 1 fully saturated rings. The van der Waals surface area contributed by atoms with E-state index in [4.69, 9.17) is 10.5 Å². The SMILES string of the molecule is N#CC=CCC[C@H]1CC[C@H](c2ccc(C#N)cc2)CC1. The smallest absolute Gasteiger partial charge is 0.0991 e.